The molecule has 0 aromatic rings. The van der Waals surface area contributed by atoms with Crippen molar-refractivity contribution in [3.8, 4) is 0 Å². The van der Waals surface area contributed by atoms with Gasteiger partial charge in [-0.05, 0) is 12.8 Å². The van der Waals surface area contributed by atoms with Crippen LogP contribution < -0.4 is 0 Å². The Labute approximate surface area is 66.0 Å². The molecule has 0 spiro atoms. The molecule has 56 valence electrons. The first-order valence-electron chi connectivity index (χ1n) is 3.39. The molecular weight excluding hydrogens is 148 g/mol. The van der Waals surface area contributed by atoms with Gasteiger partial charge < -0.3 is 5.11 Å². The van der Waals surface area contributed by atoms with Crippen molar-refractivity contribution in [3.05, 3.63) is 24.3 Å². The first kappa shape index (κ1) is 7.83. The van der Waals surface area contributed by atoms with Crippen molar-refractivity contribution in [1.29, 1.82) is 0 Å². The lowest BCUT2D eigenvalue weighted by Gasteiger charge is -2.23. The van der Waals surface area contributed by atoms with E-state index in [1.165, 1.54) is 0 Å². The van der Waals surface area contributed by atoms with Crippen LogP contribution in [0, 0.1) is 0 Å². The van der Waals surface area contributed by atoms with E-state index in [4.69, 9.17) is 11.6 Å². The highest BCUT2D eigenvalue weighted by atomic mass is 35.5. The molecule has 0 bridgehead atoms. The van der Waals surface area contributed by atoms with Crippen LogP contribution >= 0.6 is 11.6 Å². The van der Waals surface area contributed by atoms with Crippen LogP contribution in [0.1, 0.15) is 12.8 Å². The maximum atomic E-state index is 9.65. The molecule has 1 unspecified atom stereocenters. The van der Waals surface area contributed by atoms with Gasteiger partial charge in [-0.1, -0.05) is 24.3 Å². The molecule has 0 aromatic heterocycles. The van der Waals surface area contributed by atoms with E-state index in [0.717, 1.165) is 0 Å². The van der Waals surface area contributed by atoms with E-state index in [1.807, 2.05) is 18.2 Å². The summed E-state index contributed by atoms with van der Waals surface area (Å²) in [5.74, 6) is 0.509. The molecule has 0 amide bonds. The molecule has 0 heterocycles. The molecule has 1 N–H and O–H groups in total. The minimum Gasteiger partial charge on any atom is -0.385 e. The number of hydrogen-bond donors (Lipinski definition) is 1. The Kier molecular flexibility index (Phi) is 2.52. The zero-order valence-corrected chi connectivity index (χ0v) is 6.51. The van der Waals surface area contributed by atoms with E-state index >= 15 is 0 Å². The summed E-state index contributed by atoms with van der Waals surface area (Å²) in [6, 6.07) is 0. The van der Waals surface area contributed by atoms with Crippen LogP contribution in [-0.2, 0) is 0 Å². The number of halogens is 1. The van der Waals surface area contributed by atoms with Crippen molar-refractivity contribution in [3.63, 3.8) is 0 Å². The monoisotopic (exact) mass is 158 g/mol. The Morgan fingerprint density at radius 2 is 2.30 bits per heavy atom. The third-order valence-electron chi connectivity index (χ3n) is 1.65. The summed E-state index contributed by atoms with van der Waals surface area (Å²) in [6.07, 6.45) is 8.87. The lowest BCUT2D eigenvalue weighted by molar-refractivity contribution is 0.0899. The smallest absolute Gasteiger partial charge is 0.0876 e. The Balaban J connectivity index is 2.52. The van der Waals surface area contributed by atoms with Gasteiger partial charge in [0.2, 0.25) is 0 Å². The predicted molar refractivity (Wildman–Crippen MR) is 43.2 cm³/mol. The Bertz CT molecular complexity index is 163. The SMILES string of the molecule is OC1(CCCl)C=CC=CC1. The van der Waals surface area contributed by atoms with Crippen molar-refractivity contribution >= 4 is 11.6 Å². The summed E-state index contributed by atoms with van der Waals surface area (Å²) in [6.45, 7) is 0. The first-order chi connectivity index (χ1) is 4.77. The van der Waals surface area contributed by atoms with Gasteiger partial charge in [-0.3, -0.25) is 0 Å². The zero-order valence-electron chi connectivity index (χ0n) is 5.76. The maximum absolute atomic E-state index is 9.65. The minimum atomic E-state index is -0.670. The lowest BCUT2D eigenvalue weighted by atomic mass is 9.93. The maximum Gasteiger partial charge on any atom is 0.0876 e. The highest BCUT2D eigenvalue weighted by Crippen LogP contribution is 2.21. The topological polar surface area (TPSA) is 20.2 Å². The van der Waals surface area contributed by atoms with Crippen LogP contribution in [0.15, 0.2) is 24.3 Å². The van der Waals surface area contributed by atoms with Crippen molar-refractivity contribution in [2.45, 2.75) is 18.4 Å². The number of hydrogen-bond acceptors (Lipinski definition) is 1. The molecule has 2 heteroatoms. The quantitative estimate of drug-likeness (QED) is 0.609. The van der Waals surface area contributed by atoms with Crippen LogP contribution in [0.2, 0.25) is 0 Å². The van der Waals surface area contributed by atoms with Gasteiger partial charge >= 0.3 is 0 Å². The van der Waals surface area contributed by atoms with Crippen LogP contribution in [0.25, 0.3) is 0 Å². The highest BCUT2D eigenvalue weighted by Gasteiger charge is 2.21. The average Bonchev–Trinajstić information content (AvgIpc) is 1.89. The van der Waals surface area contributed by atoms with Crippen molar-refractivity contribution in [2.24, 2.45) is 0 Å². The number of rotatable bonds is 2. The number of allylic oxidation sites excluding steroid dienone is 2. The minimum absolute atomic E-state index is 0.509. The fourth-order valence-electron chi connectivity index (χ4n) is 1.00. The summed E-state index contributed by atoms with van der Waals surface area (Å²) in [5.41, 5.74) is -0.670. The van der Waals surface area contributed by atoms with E-state index < -0.39 is 5.60 Å². The third-order valence-corrected chi connectivity index (χ3v) is 1.84. The predicted octanol–water partition coefficient (Wildman–Crippen LogP) is 1.86. The summed E-state index contributed by atoms with van der Waals surface area (Å²) < 4.78 is 0. The second-order valence-electron chi connectivity index (χ2n) is 2.53. The zero-order chi connectivity index (χ0) is 7.45. The fourth-order valence-corrected chi connectivity index (χ4v) is 1.33. The molecule has 1 atom stereocenters. The molecule has 1 rings (SSSR count). The molecule has 10 heavy (non-hydrogen) atoms. The molecule has 0 saturated heterocycles. The first-order valence-corrected chi connectivity index (χ1v) is 3.93. The van der Waals surface area contributed by atoms with E-state index in [-0.39, 0.29) is 0 Å². The highest BCUT2D eigenvalue weighted by molar-refractivity contribution is 6.17. The van der Waals surface area contributed by atoms with Gasteiger partial charge in [-0.25, -0.2) is 0 Å². The van der Waals surface area contributed by atoms with E-state index in [2.05, 4.69) is 0 Å². The van der Waals surface area contributed by atoms with Gasteiger partial charge in [0.1, 0.15) is 0 Å². The van der Waals surface area contributed by atoms with Crippen LogP contribution in [-0.4, -0.2) is 16.6 Å². The number of alkyl halides is 1. The Hall–Kier alpha value is -0.270. The Morgan fingerprint density at radius 1 is 1.50 bits per heavy atom. The van der Waals surface area contributed by atoms with Gasteiger partial charge in [-0.2, -0.15) is 0 Å². The Morgan fingerprint density at radius 3 is 2.80 bits per heavy atom. The van der Waals surface area contributed by atoms with Crippen molar-refractivity contribution < 1.29 is 5.11 Å². The van der Waals surface area contributed by atoms with Gasteiger partial charge in [0.25, 0.3) is 0 Å². The van der Waals surface area contributed by atoms with Crippen molar-refractivity contribution in [1.82, 2.24) is 0 Å². The molecular formula is C8H11ClO. The van der Waals surface area contributed by atoms with E-state index in [9.17, 15) is 5.11 Å². The van der Waals surface area contributed by atoms with Crippen LogP contribution in [0.5, 0.6) is 0 Å². The van der Waals surface area contributed by atoms with Crippen LogP contribution in [0.3, 0.4) is 0 Å². The van der Waals surface area contributed by atoms with Gasteiger partial charge in [0.05, 0.1) is 5.60 Å². The lowest BCUT2D eigenvalue weighted by Crippen LogP contribution is -2.26. The summed E-state index contributed by atoms with van der Waals surface area (Å²) in [5, 5.41) is 9.65. The van der Waals surface area contributed by atoms with Gasteiger partial charge in [0.15, 0.2) is 0 Å². The second kappa shape index (κ2) is 3.22. The van der Waals surface area contributed by atoms with E-state index in [0.29, 0.717) is 18.7 Å². The molecule has 1 aliphatic rings. The third kappa shape index (κ3) is 1.86. The van der Waals surface area contributed by atoms with Crippen molar-refractivity contribution in [2.75, 3.05) is 5.88 Å². The summed E-state index contributed by atoms with van der Waals surface area (Å²) in [7, 11) is 0. The molecule has 0 aromatic carbocycles. The van der Waals surface area contributed by atoms with Gasteiger partial charge in [0, 0.05) is 5.88 Å². The summed E-state index contributed by atoms with van der Waals surface area (Å²) >= 11 is 5.51. The molecule has 0 aliphatic heterocycles. The second-order valence-corrected chi connectivity index (χ2v) is 2.91. The van der Waals surface area contributed by atoms with Gasteiger partial charge in [-0.15, -0.1) is 11.6 Å². The molecule has 0 fully saturated rings. The molecule has 1 nitrogen and oxygen atoms in total. The van der Waals surface area contributed by atoms with Crippen LogP contribution in [0.4, 0.5) is 0 Å². The normalized spacial score (nSPS) is 31.0. The average molecular weight is 159 g/mol. The molecule has 0 radical (unpaired) electrons. The van der Waals surface area contributed by atoms with E-state index in [1.54, 1.807) is 6.08 Å². The fraction of sp³-hybridized carbons (Fsp3) is 0.500. The summed E-state index contributed by atoms with van der Waals surface area (Å²) in [4.78, 5) is 0. The molecule has 0 saturated carbocycles. The largest absolute Gasteiger partial charge is 0.385 e. The molecule has 1 aliphatic carbocycles. The standard InChI is InChI=1S/C8H11ClO/c9-7-6-8(10)4-2-1-3-5-8/h1-4,10H,5-7H2. The number of aliphatic hydroxyl groups is 1.